The summed E-state index contributed by atoms with van der Waals surface area (Å²) in [5.41, 5.74) is 0.747. The lowest BCUT2D eigenvalue weighted by atomic mass is 10.0. The number of rotatable bonds is 8. The van der Waals surface area contributed by atoms with E-state index in [1.165, 1.54) is 12.8 Å². The first kappa shape index (κ1) is 22.6. The van der Waals surface area contributed by atoms with Crippen molar-refractivity contribution in [1.29, 1.82) is 0 Å². The number of benzene rings is 1. The lowest BCUT2D eigenvalue weighted by Gasteiger charge is -2.32. The highest BCUT2D eigenvalue weighted by Crippen LogP contribution is 2.28. The van der Waals surface area contributed by atoms with Crippen LogP contribution in [0.25, 0.3) is 0 Å². The first-order valence-electron chi connectivity index (χ1n) is 10.4. The molecule has 1 N–H and O–H groups in total. The van der Waals surface area contributed by atoms with Gasteiger partial charge in [-0.2, -0.15) is 0 Å². The molecule has 1 fully saturated rings. The lowest BCUT2D eigenvalue weighted by molar-refractivity contribution is -0.140. The monoisotopic (exact) mass is 448 g/mol. The van der Waals surface area contributed by atoms with Crippen LogP contribution in [0.15, 0.2) is 41.8 Å². The molecule has 7 heteroatoms. The quantitative estimate of drug-likeness (QED) is 0.461. The predicted octanol–water partition coefficient (Wildman–Crippen LogP) is 4.90. The lowest BCUT2D eigenvalue weighted by Crippen LogP contribution is -2.46. The van der Waals surface area contributed by atoms with Crippen LogP contribution in [0.2, 0.25) is 0 Å². The second-order valence-electron chi connectivity index (χ2n) is 7.61. The van der Waals surface area contributed by atoms with Gasteiger partial charge in [-0.15, -0.1) is 22.9 Å². The molecule has 1 aliphatic carbocycles. The smallest absolute Gasteiger partial charge is 0.247 e. The molecule has 0 radical (unpaired) electrons. The highest BCUT2D eigenvalue weighted by molar-refractivity contribution is 7.09. The fourth-order valence-corrected chi connectivity index (χ4v) is 4.79. The van der Waals surface area contributed by atoms with Gasteiger partial charge in [0.05, 0.1) is 13.7 Å². The number of carbonyl (C=O) groups excluding carboxylic acids is 2. The number of thiophene rings is 1. The van der Waals surface area contributed by atoms with Gasteiger partial charge >= 0.3 is 0 Å². The number of hydrogen-bond acceptors (Lipinski definition) is 4. The van der Waals surface area contributed by atoms with Crippen molar-refractivity contribution in [1.82, 2.24) is 10.2 Å². The van der Waals surface area contributed by atoms with Gasteiger partial charge in [0.2, 0.25) is 11.8 Å². The van der Waals surface area contributed by atoms with Gasteiger partial charge in [-0.3, -0.25) is 9.59 Å². The topological polar surface area (TPSA) is 58.6 Å². The Labute approximate surface area is 187 Å². The van der Waals surface area contributed by atoms with Crippen LogP contribution in [-0.2, 0) is 16.1 Å². The molecular weight excluding hydrogens is 420 g/mol. The summed E-state index contributed by atoms with van der Waals surface area (Å²) < 4.78 is 5.26. The molecule has 162 valence electrons. The van der Waals surface area contributed by atoms with Crippen molar-refractivity contribution in [3.8, 4) is 5.75 Å². The van der Waals surface area contributed by atoms with Gasteiger partial charge in [0, 0.05) is 10.9 Å². The summed E-state index contributed by atoms with van der Waals surface area (Å²) in [6, 6.07) is 10.6. The van der Waals surface area contributed by atoms with E-state index in [0.717, 1.165) is 36.1 Å². The largest absolute Gasteiger partial charge is 0.497 e. The molecule has 5 nitrogen and oxygen atoms in total. The van der Waals surface area contributed by atoms with E-state index >= 15 is 0 Å². The Morgan fingerprint density at radius 2 is 1.87 bits per heavy atom. The molecule has 1 atom stereocenters. The van der Waals surface area contributed by atoms with Crippen LogP contribution in [0.4, 0.5) is 0 Å². The van der Waals surface area contributed by atoms with Crippen LogP contribution < -0.4 is 10.1 Å². The van der Waals surface area contributed by atoms with Crippen molar-refractivity contribution in [2.45, 2.75) is 57.2 Å². The third-order valence-electron chi connectivity index (χ3n) is 5.53. The van der Waals surface area contributed by atoms with Crippen molar-refractivity contribution in [2.75, 3.05) is 13.0 Å². The summed E-state index contributed by atoms with van der Waals surface area (Å²) in [6.07, 6.45) is 6.63. The van der Waals surface area contributed by atoms with Gasteiger partial charge in [0.25, 0.3) is 0 Å². The fourth-order valence-electron chi connectivity index (χ4n) is 3.93. The molecule has 2 amide bonds. The van der Waals surface area contributed by atoms with Crippen LogP contribution in [-0.4, -0.2) is 35.7 Å². The Morgan fingerprint density at radius 3 is 2.43 bits per heavy atom. The zero-order chi connectivity index (χ0) is 21.3. The first-order chi connectivity index (χ1) is 14.6. The fraction of sp³-hybridized carbons (Fsp3) is 0.478. The second-order valence-corrected chi connectivity index (χ2v) is 8.91. The number of carbonyl (C=O) groups is 2. The maximum atomic E-state index is 13.5. The number of hydrogen-bond donors (Lipinski definition) is 1. The third kappa shape index (κ3) is 5.99. The van der Waals surface area contributed by atoms with Gasteiger partial charge in [0.15, 0.2) is 0 Å². The SMILES string of the molecule is COc1ccc([C@@H](C(=O)NC2CCCCCC2)N(Cc2cccs2)C(=O)CCl)cc1. The zero-order valence-electron chi connectivity index (χ0n) is 17.3. The number of halogens is 1. The molecule has 0 saturated heterocycles. The van der Waals surface area contributed by atoms with E-state index < -0.39 is 6.04 Å². The molecule has 0 aliphatic heterocycles. The van der Waals surface area contributed by atoms with Gasteiger partial charge in [-0.25, -0.2) is 0 Å². The normalized spacial score (nSPS) is 15.8. The molecule has 0 bridgehead atoms. The Kier molecular flexibility index (Phi) is 8.58. The summed E-state index contributed by atoms with van der Waals surface area (Å²) in [7, 11) is 1.60. The van der Waals surface area contributed by atoms with Crippen molar-refractivity contribution in [2.24, 2.45) is 0 Å². The van der Waals surface area contributed by atoms with E-state index in [9.17, 15) is 9.59 Å². The highest BCUT2D eigenvalue weighted by atomic mass is 35.5. The van der Waals surface area contributed by atoms with E-state index in [1.54, 1.807) is 23.3 Å². The Balaban J connectivity index is 1.90. The van der Waals surface area contributed by atoms with E-state index in [1.807, 2.05) is 41.8 Å². The van der Waals surface area contributed by atoms with Crippen LogP contribution in [0.5, 0.6) is 5.75 Å². The summed E-state index contributed by atoms with van der Waals surface area (Å²) in [5.74, 6) is 0.119. The number of nitrogens with zero attached hydrogens (tertiary/aromatic N) is 1. The number of amides is 2. The molecule has 1 aliphatic rings. The Bertz CT molecular complexity index is 802. The van der Waals surface area contributed by atoms with Gasteiger partial charge in [0.1, 0.15) is 17.7 Å². The molecule has 1 aromatic carbocycles. The molecule has 30 heavy (non-hydrogen) atoms. The Hall–Kier alpha value is -2.05. The van der Waals surface area contributed by atoms with E-state index in [0.29, 0.717) is 12.3 Å². The predicted molar refractivity (Wildman–Crippen MR) is 121 cm³/mol. The maximum absolute atomic E-state index is 13.5. The number of nitrogens with one attached hydrogen (secondary N) is 1. The molecule has 1 aromatic heterocycles. The summed E-state index contributed by atoms with van der Waals surface area (Å²) in [4.78, 5) is 28.9. The third-order valence-corrected chi connectivity index (χ3v) is 6.62. The van der Waals surface area contributed by atoms with Crippen molar-refractivity contribution >= 4 is 34.8 Å². The molecule has 0 unspecified atom stereocenters. The summed E-state index contributed by atoms with van der Waals surface area (Å²) >= 11 is 7.50. The van der Waals surface area contributed by atoms with Crippen molar-refractivity contribution < 1.29 is 14.3 Å². The second kappa shape index (κ2) is 11.4. The zero-order valence-corrected chi connectivity index (χ0v) is 18.9. The summed E-state index contributed by atoms with van der Waals surface area (Å²) in [6.45, 7) is 0.345. The Morgan fingerprint density at radius 1 is 1.17 bits per heavy atom. The average Bonchev–Trinajstić information content (AvgIpc) is 3.15. The average molecular weight is 449 g/mol. The van der Waals surface area contributed by atoms with Crippen LogP contribution in [0.3, 0.4) is 0 Å². The van der Waals surface area contributed by atoms with Crippen LogP contribution in [0.1, 0.15) is 55.0 Å². The first-order valence-corrected chi connectivity index (χ1v) is 11.9. The number of alkyl halides is 1. The molecule has 1 saturated carbocycles. The van der Waals surface area contributed by atoms with Crippen molar-refractivity contribution in [3.05, 3.63) is 52.2 Å². The van der Waals surface area contributed by atoms with Crippen LogP contribution in [0, 0.1) is 0 Å². The van der Waals surface area contributed by atoms with Gasteiger partial charge in [-0.1, -0.05) is 43.9 Å². The minimum Gasteiger partial charge on any atom is -0.497 e. The van der Waals surface area contributed by atoms with E-state index in [-0.39, 0.29) is 23.7 Å². The van der Waals surface area contributed by atoms with Crippen LogP contribution >= 0.6 is 22.9 Å². The molecule has 1 heterocycles. The molecular formula is C23H29ClN2O3S. The molecule has 3 rings (SSSR count). The van der Waals surface area contributed by atoms with Crippen molar-refractivity contribution in [3.63, 3.8) is 0 Å². The molecule has 2 aromatic rings. The molecule has 0 spiro atoms. The number of ether oxygens (including phenoxy) is 1. The van der Waals surface area contributed by atoms with Gasteiger partial charge in [-0.05, 0) is 42.0 Å². The minimum atomic E-state index is -0.743. The standard InChI is InChI=1S/C23H29ClN2O3S/c1-29-19-12-10-17(11-13-19)22(23(28)25-18-7-4-2-3-5-8-18)26(21(27)15-24)16-20-9-6-14-30-20/h6,9-14,18,22H,2-5,7-8,15-16H2,1H3,(H,25,28)/t22-/m0/s1. The van der Waals surface area contributed by atoms with E-state index in [4.69, 9.17) is 16.3 Å². The summed E-state index contributed by atoms with van der Waals surface area (Å²) in [5, 5.41) is 5.19. The number of methoxy groups -OCH3 is 1. The van der Waals surface area contributed by atoms with Gasteiger partial charge < -0.3 is 15.0 Å². The maximum Gasteiger partial charge on any atom is 0.247 e. The highest BCUT2D eigenvalue weighted by Gasteiger charge is 2.32. The van der Waals surface area contributed by atoms with E-state index in [2.05, 4.69) is 5.32 Å². The minimum absolute atomic E-state index is 0.149.